The number of H-pyrrole nitrogens is 1. The van der Waals surface area contributed by atoms with Crippen LogP contribution in [0.4, 0.5) is 0 Å². The van der Waals surface area contributed by atoms with Crippen molar-refractivity contribution in [3.63, 3.8) is 0 Å². The zero-order valence-electron chi connectivity index (χ0n) is 15.5. The van der Waals surface area contributed by atoms with Crippen molar-refractivity contribution in [3.8, 4) is 11.8 Å². The van der Waals surface area contributed by atoms with Gasteiger partial charge in [0, 0.05) is 13.0 Å². The average molecular weight is 386 g/mol. The average Bonchev–Trinajstić information content (AvgIpc) is 3.39. The van der Waals surface area contributed by atoms with E-state index in [9.17, 15) is 4.79 Å². The summed E-state index contributed by atoms with van der Waals surface area (Å²) < 4.78 is 11.2. The predicted octanol–water partition coefficient (Wildman–Crippen LogP) is 3.58. The molecule has 2 N–H and O–H groups in total. The summed E-state index contributed by atoms with van der Waals surface area (Å²) in [4.78, 5) is 20.0. The summed E-state index contributed by atoms with van der Waals surface area (Å²) in [5.41, 5.74) is 2.33. The van der Waals surface area contributed by atoms with Crippen LogP contribution in [0, 0.1) is 11.3 Å². The number of benzene rings is 2. The molecule has 0 unspecified atom stereocenters. The fourth-order valence-corrected chi connectivity index (χ4v) is 2.92. The second-order valence-electron chi connectivity index (χ2n) is 6.37. The molecule has 7 nitrogen and oxygen atoms in total. The number of hydrogen-bond donors (Lipinski definition) is 2. The molecule has 29 heavy (non-hydrogen) atoms. The lowest BCUT2D eigenvalue weighted by molar-refractivity contribution is 0.0922. The van der Waals surface area contributed by atoms with Gasteiger partial charge in [0.05, 0.1) is 16.6 Å². The number of nitrogens with one attached hydrogen (secondary N) is 2. The Morgan fingerprint density at radius 3 is 2.83 bits per heavy atom. The zero-order valence-corrected chi connectivity index (χ0v) is 15.5. The van der Waals surface area contributed by atoms with Crippen LogP contribution in [0.3, 0.4) is 0 Å². The van der Waals surface area contributed by atoms with Gasteiger partial charge >= 0.3 is 0 Å². The molecule has 2 aromatic heterocycles. The maximum Gasteiger partial charge on any atom is 0.287 e. The van der Waals surface area contributed by atoms with Gasteiger partial charge < -0.3 is 19.5 Å². The molecule has 0 bridgehead atoms. The molecule has 0 saturated carbocycles. The highest BCUT2D eigenvalue weighted by atomic mass is 16.5. The first-order valence-electron chi connectivity index (χ1n) is 9.15. The second kappa shape index (κ2) is 8.31. The smallest absolute Gasteiger partial charge is 0.287 e. The van der Waals surface area contributed by atoms with Gasteiger partial charge in [-0.1, -0.05) is 24.3 Å². The molecule has 0 aliphatic rings. The minimum absolute atomic E-state index is 0.130. The molecule has 0 atom stereocenters. The Labute approximate surface area is 166 Å². The molecule has 2 heterocycles. The first kappa shape index (κ1) is 18.3. The molecule has 4 aromatic rings. The molecular formula is C22H18N4O3. The molecule has 0 spiro atoms. The topological polar surface area (TPSA) is 104 Å². The summed E-state index contributed by atoms with van der Waals surface area (Å²) in [7, 11) is 0. The predicted molar refractivity (Wildman–Crippen MR) is 106 cm³/mol. The highest BCUT2D eigenvalue weighted by molar-refractivity contribution is 5.91. The number of amides is 1. The minimum Gasteiger partial charge on any atom is -0.484 e. The summed E-state index contributed by atoms with van der Waals surface area (Å²) >= 11 is 0. The summed E-state index contributed by atoms with van der Waals surface area (Å²) in [5.74, 6) is 1.70. The number of hydrogen-bond acceptors (Lipinski definition) is 5. The van der Waals surface area contributed by atoms with Crippen LogP contribution in [0.15, 0.2) is 65.1 Å². The van der Waals surface area contributed by atoms with Crippen LogP contribution in [0.25, 0.3) is 11.0 Å². The van der Waals surface area contributed by atoms with E-state index in [1.807, 2.05) is 24.3 Å². The Hall–Kier alpha value is -4.05. The standard InChI is InChI=1S/C22H18N4O3/c23-13-15-5-1-4-8-19(15)28-14-16-9-10-20(29-16)22(27)24-12-11-21-25-17-6-2-3-7-18(17)26-21/h1-10H,11-12,14H2,(H,24,27)(H,25,26). The fraction of sp³-hybridized carbons (Fsp3) is 0.136. The van der Waals surface area contributed by atoms with E-state index in [2.05, 4.69) is 21.4 Å². The molecule has 4 rings (SSSR count). The molecule has 0 fully saturated rings. The molecule has 0 aliphatic carbocycles. The summed E-state index contributed by atoms with van der Waals surface area (Å²) in [6.45, 7) is 0.561. The minimum atomic E-state index is -0.301. The summed E-state index contributed by atoms with van der Waals surface area (Å²) in [6.07, 6.45) is 0.585. The van der Waals surface area contributed by atoms with Crippen LogP contribution < -0.4 is 10.1 Å². The number of aromatic amines is 1. The molecule has 7 heteroatoms. The number of para-hydroxylation sites is 3. The van der Waals surface area contributed by atoms with Gasteiger partial charge in [-0.2, -0.15) is 5.26 Å². The van der Waals surface area contributed by atoms with Crippen molar-refractivity contribution in [2.24, 2.45) is 0 Å². The van der Waals surface area contributed by atoms with Crippen molar-refractivity contribution in [1.82, 2.24) is 15.3 Å². The molecule has 0 saturated heterocycles. The number of nitrogens with zero attached hydrogens (tertiary/aromatic N) is 2. The number of aromatic nitrogens is 2. The van der Waals surface area contributed by atoms with Crippen LogP contribution >= 0.6 is 0 Å². The van der Waals surface area contributed by atoms with E-state index in [-0.39, 0.29) is 18.3 Å². The highest BCUT2D eigenvalue weighted by Crippen LogP contribution is 2.19. The van der Waals surface area contributed by atoms with E-state index in [0.717, 1.165) is 16.9 Å². The van der Waals surface area contributed by atoms with Gasteiger partial charge in [-0.15, -0.1) is 0 Å². The second-order valence-corrected chi connectivity index (χ2v) is 6.37. The van der Waals surface area contributed by atoms with E-state index in [4.69, 9.17) is 14.4 Å². The molecule has 0 aliphatic heterocycles. The SMILES string of the molecule is N#Cc1ccccc1OCc1ccc(C(=O)NCCc2nc3ccccc3[nH]2)o1. The molecule has 144 valence electrons. The van der Waals surface area contributed by atoms with Crippen molar-refractivity contribution >= 4 is 16.9 Å². The van der Waals surface area contributed by atoms with E-state index in [0.29, 0.717) is 30.0 Å². The van der Waals surface area contributed by atoms with Crippen LogP contribution in [0.1, 0.15) is 27.7 Å². The lowest BCUT2D eigenvalue weighted by Crippen LogP contribution is -2.25. The Morgan fingerprint density at radius 1 is 1.14 bits per heavy atom. The fourth-order valence-electron chi connectivity index (χ4n) is 2.92. The van der Waals surface area contributed by atoms with Crippen molar-refractivity contribution in [3.05, 3.63) is 83.6 Å². The molecule has 0 radical (unpaired) electrons. The maximum atomic E-state index is 12.3. The Balaban J connectivity index is 1.29. The van der Waals surface area contributed by atoms with E-state index < -0.39 is 0 Å². The Kier molecular flexibility index (Phi) is 5.25. The Bertz CT molecular complexity index is 1150. The van der Waals surface area contributed by atoms with Crippen LogP contribution in [-0.2, 0) is 13.0 Å². The van der Waals surface area contributed by atoms with Gasteiger partial charge in [-0.3, -0.25) is 4.79 Å². The summed E-state index contributed by atoms with van der Waals surface area (Å²) in [5, 5.41) is 11.9. The number of rotatable bonds is 7. The van der Waals surface area contributed by atoms with Crippen LogP contribution in [0.5, 0.6) is 5.75 Å². The van der Waals surface area contributed by atoms with Gasteiger partial charge in [0.25, 0.3) is 5.91 Å². The number of imidazole rings is 1. The van der Waals surface area contributed by atoms with E-state index in [1.165, 1.54) is 0 Å². The lowest BCUT2D eigenvalue weighted by Gasteiger charge is -2.05. The van der Waals surface area contributed by atoms with Gasteiger partial charge in [0.2, 0.25) is 0 Å². The van der Waals surface area contributed by atoms with Crippen LogP contribution in [0.2, 0.25) is 0 Å². The number of ether oxygens (including phenoxy) is 1. The lowest BCUT2D eigenvalue weighted by atomic mass is 10.2. The van der Waals surface area contributed by atoms with Crippen molar-refractivity contribution < 1.29 is 13.9 Å². The van der Waals surface area contributed by atoms with Gasteiger partial charge in [0.1, 0.15) is 30.0 Å². The molecule has 2 aromatic carbocycles. The van der Waals surface area contributed by atoms with Crippen molar-refractivity contribution in [2.75, 3.05) is 6.54 Å². The number of carbonyl (C=O) groups excluding carboxylic acids is 1. The quantitative estimate of drug-likeness (QED) is 0.505. The van der Waals surface area contributed by atoms with Gasteiger partial charge in [-0.05, 0) is 36.4 Å². The number of fused-ring (bicyclic) bond motifs is 1. The first-order chi connectivity index (χ1) is 14.2. The molecular weight excluding hydrogens is 368 g/mol. The van der Waals surface area contributed by atoms with Gasteiger partial charge in [0.15, 0.2) is 5.76 Å². The van der Waals surface area contributed by atoms with Gasteiger partial charge in [-0.25, -0.2) is 4.98 Å². The first-order valence-corrected chi connectivity index (χ1v) is 9.15. The third kappa shape index (κ3) is 4.28. The number of nitriles is 1. The van der Waals surface area contributed by atoms with Crippen LogP contribution in [-0.4, -0.2) is 22.4 Å². The summed E-state index contributed by atoms with van der Waals surface area (Å²) in [6, 6.07) is 20.1. The monoisotopic (exact) mass is 386 g/mol. The van der Waals surface area contributed by atoms with E-state index in [1.54, 1.807) is 36.4 Å². The zero-order chi connectivity index (χ0) is 20.1. The van der Waals surface area contributed by atoms with Crippen molar-refractivity contribution in [1.29, 1.82) is 5.26 Å². The normalized spacial score (nSPS) is 10.6. The third-order valence-electron chi connectivity index (χ3n) is 4.35. The highest BCUT2D eigenvalue weighted by Gasteiger charge is 2.12. The largest absolute Gasteiger partial charge is 0.484 e. The van der Waals surface area contributed by atoms with E-state index >= 15 is 0 Å². The maximum absolute atomic E-state index is 12.3. The van der Waals surface area contributed by atoms with Crippen molar-refractivity contribution in [2.45, 2.75) is 13.0 Å². The molecule has 1 amide bonds. The third-order valence-corrected chi connectivity index (χ3v) is 4.35. The number of furan rings is 1. The number of carbonyl (C=O) groups is 1. The Morgan fingerprint density at radius 2 is 1.97 bits per heavy atom.